The zero-order chi connectivity index (χ0) is 10.8. The molecule has 0 amide bonds. The van der Waals surface area contributed by atoms with E-state index in [2.05, 4.69) is 6.58 Å². The highest BCUT2D eigenvalue weighted by atomic mass is 16.3. The monoisotopic (exact) mass is 187 g/mol. The van der Waals surface area contributed by atoms with Crippen molar-refractivity contribution in [1.29, 1.82) is 5.26 Å². The predicted octanol–water partition coefficient (Wildman–Crippen LogP) is 2.73. The Hall–Kier alpha value is -1.75. The van der Waals surface area contributed by atoms with Crippen molar-refractivity contribution in [3.63, 3.8) is 0 Å². The van der Waals surface area contributed by atoms with Crippen molar-refractivity contribution in [3.05, 3.63) is 42.0 Å². The lowest BCUT2D eigenvalue weighted by atomic mass is 9.83. The van der Waals surface area contributed by atoms with Crippen molar-refractivity contribution in [1.82, 2.24) is 0 Å². The Kier molecular flexibility index (Phi) is 2.62. The van der Waals surface area contributed by atoms with Gasteiger partial charge in [-0.2, -0.15) is 5.26 Å². The third-order valence-corrected chi connectivity index (χ3v) is 2.33. The summed E-state index contributed by atoms with van der Waals surface area (Å²) < 4.78 is 0. The van der Waals surface area contributed by atoms with Crippen LogP contribution in [0.15, 0.2) is 30.9 Å². The van der Waals surface area contributed by atoms with E-state index in [0.29, 0.717) is 5.56 Å². The highest BCUT2D eigenvalue weighted by molar-refractivity contribution is 5.46. The van der Waals surface area contributed by atoms with Gasteiger partial charge in [-0.1, -0.05) is 19.9 Å². The van der Waals surface area contributed by atoms with Crippen LogP contribution in [0.2, 0.25) is 0 Å². The van der Waals surface area contributed by atoms with E-state index in [0.717, 1.165) is 5.56 Å². The topological polar surface area (TPSA) is 44.0 Å². The van der Waals surface area contributed by atoms with Crippen molar-refractivity contribution in [2.75, 3.05) is 0 Å². The first-order chi connectivity index (χ1) is 6.51. The number of nitrogens with zero attached hydrogens (tertiary/aromatic N) is 1. The van der Waals surface area contributed by atoms with E-state index in [4.69, 9.17) is 5.26 Å². The fourth-order valence-corrected chi connectivity index (χ4v) is 1.23. The van der Waals surface area contributed by atoms with Gasteiger partial charge in [0.25, 0.3) is 0 Å². The largest absolute Gasteiger partial charge is 0.508 e. The summed E-state index contributed by atoms with van der Waals surface area (Å²) >= 11 is 0. The molecule has 0 spiro atoms. The van der Waals surface area contributed by atoms with Crippen LogP contribution in [0, 0.1) is 11.3 Å². The second-order valence-electron chi connectivity index (χ2n) is 3.77. The minimum absolute atomic E-state index is 0.203. The molecule has 1 aromatic carbocycles. The molecule has 0 unspecified atom stereocenters. The molecular weight excluding hydrogens is 174 g/mol. The van der Waals surface area contributed by atoms with E-state index in [-0.39, 0.29) is 11.2 Å². The van der Waals surface area contributed by atoms with Crippen molar-refractivity contribution in [2.45, 2.75) is 19.3 Å². The number of aromatic hydroxyl groups is 1. The molecule has 0 saturated heterocycles. The van der Waals surface area contributed by atoms with E-state index >= 15 is 0 Å². The first kappa shape index (κ1) is 10.3. The molecule has 0 heterocycles. The minimum Gasteiger partial charge on any atom is -0.508 e. The van der Waals surface area contributed by atoms with Gasteiger partial charge in [0.2, 0.25) is 0 Å². The van der Waals surface area contributed by atoms with Crippen molar-refractivity contribution < 1.29 is 5.11 Å². The van der Waals surface area contributed by atoms with Gasteiger partial charge in [-0.05, 0) is 18.2 Å². The predicted molar refractivity (Wildman–Crippen MR) is 56.0 cm³/mol. The van der Waals surface area contributed by atoms with Gasteiger partial charge < -0.3 is 5.11 Å². The molecule has 0 bridgehead atoms. The zero-order valence-corrected chi connectivity index (χ0v) is 8.41. The molecule has 0 aliphatic rings. The van der Waals surface area contributed by atoms with Crippen LogP contribution in [0.1, 0.15) is 25.0 Å². The van der Waals surface area contributed by atoms with Crippen molar-refractivity contribution in [3.8, 4) is 11.8 Å². The second-order valence-corrected chi connectivity index (χ2v) is 3.77. The highest BCUT2D eigenvalue weighted by Gasteiger charge is 2.20. The SMILES string of the molecule is C=CC(C)(C)c1cc(C#N)ccc1O. The van der Waals surface area contributed by atoms with E-state index in [1.54, 1.807) is 24.3 Å². The maximum Gasteiger partial charge on any atom is 0.119 e. The van der Waals surface area contributed by atoms with Gasteiger partial charge >= 0.3 is 0 Å². The third kappa shape index (κ3) is 1.77. The molecule has 0 radical (unpaired) electrons. The molecule has 14 heavy (non-hydrogen) atoms. The molecule has 0 fully saturated rings. The van der Waals surface area contributed by atoms with Crippen LogP contribution in [-0.2, 0) is 5.41 Å². The molecule has 0 atom stereocenters. The Morgan fingerprint density at radius 2 is 2.14 bits per heavy atom. The molecule has 0 aliphatic heterocycles. The van der Waals surface area contributed by atoms with Gasteiger partial charge in [-0.15, -0.1) is 6.58 Å². The number of allylic oxidation sites excluding steroid dienone is 1. The Labute approximate surface area is 84.1 Å². The van der Waals surface area contributed by atoms with Gasteiger partial charge in [0.15, 0.2) is 0 Å². The lowest BCUT2D eigenvalue weighted by Crippen LogP contribution is -2.13. The van der Waals surface area contributed by atoms with Crippen LogP contribution >= 0.6 is 0 Å². The van der Waals surface area contributed by atoms with E-state index in [1.165, 1.54) is 0 Å². The van der Waals surface area contributed by atoms with Gasteiger partial charge in [-0.25, -0.2) is 0 Å². The molecule has 1 N–H and O–H groups in total. The van der Waals surface area contributed by atoms with E-state index in [9.17, 15) is 5.11 Å². The molecule has 2 heteroatoms. The summed E-state index contributed by atoms with van der Waals surface area (Å²) in [5.74, 6) is 0.203. The maximum absolute atomic E-state index is 9.64. The van der Waals surface area contributed by atoms with Gasteiger partial charge in [0.1, 0.15) is 5.75 Å². The van der Waals surface area contributed by atoms with E-state index in [1.807, 2.05) is 19.9 Å². The summed E-state index contributed by atoms with van der Waals surface area (Å²) in [4.78, 5) is 0. The van der Waals surface area contributed by atoms with Crippen LogP contribution in [-0.4, -0.2) is 5.11 Å². The van der Waals surface area contributed by atoms with Crippen LogP contribution in [0.4, 0.5) is 0 Å². The first-order valence-electron chi connectivity index (χ1n) is 4.38. The molecule has 2 nitrogen and oxygen atoms in total. The summed E-state index contributed by atoms with van der Waals surface area (Å²) in [6.45, 7) is 7.59. The summed E-state index contributed by atoms with van der Waals surface area (Å²) in [6.07, 6.45) is 1.75. The van der Waals surface area contributed by atoms with Gasteiger partial charge in [-0.3, -0.25) is 0 Å². The Morgan fingerprint density at radius 3 is 2.64 bits per heavy atom. The summed E-state index contributed by atoms with van der Waals surface area (Å²) in [6, 6.07) is 6.87. The molecule has 72 valence electrons. The lowest BCUT2D eigenvalue weighted by Gasteiger charge is -2.21. The molecule has 0 saturated carbocycles. The fraction of sp³-hybridized carbons (Fsp3) is 0.250. The Bertz CT molecular complexity index is 399. The number of benzene rings is 1. The summed E-state index contributed by atoms with van der Waals surface area (Å²) in [5.41, 5.74) is 0.955. The zero-order valence-electron chi connectivity index (χ0n) is 8.41. The fourth-order valence-electron chi connectivity index (χ4n) is 1.23. The molecule has 0 aromatic heterocycles. The first-order valence-corrected chi connectivity index (χ1v) is 4.38. The average molecular weight is 187 g/mol. The average Bonchev–Trinajstić information content (AvgIpc) is 2.18. The Morgan fingerprint density at radius 1 is 1.50 bits per heavy atom. The molecular formula is C12H13NO. The quantitative estimate of drug-likeness (QED) is 0.723. The molecule has 1 aromatic rings. The summed E-state index contributed by atoms with van der Waals surface area (Å²) in [5, 5.41) is 18.4. The number of phenolic OH excluding ortho intramolecular Hbond substituents is 1. The molecule has 1 rings (SSSR count). The van der Waals surface area contributed by atoms with E-state index < -0.39 is 0 Å². The number of hydrogen-bond acceptors (Lipinski definition) is 2. The van der Waals surface area contributed by atoms with Crippen LogP contribution in [0.25, 0.3) is 0 Å². The number of rotatable bonds is 2. The lowest BCUT2D eigenvalue weighted by molar-refractivity contribution is 0.455. The maximum atomic E-state index is 9.64. The van der Waals surface area contributed by atoms with Gasteiger partial charge in [0.05, 0.1) is 11.6 Å². The van der Waals surface area contributed by atoms with Crippen LogP contribution in [0.3, 0.4) is 0 Å². The standard InChI is InChI=1S/C12H13NO/c1-4-12(2,3)10-7-9(8-13)5-6-11(10)14/h4-7,14H,1H2,2-3H3. The minimum atomic E-state index is -0.322. The number of phenols is 1. The van der Waals surface area contributed by atoms with Crippen LogP contribution < -0.4 is 0 Å². The van der Waals surface area contributed by atoms with Crippen LogP contribution in [0.5, 0.6) is 5.75 Å². The van der Waals surface area contributed by atoms with Crippen molar-refractivity contribution in [2.24, 2.45) is 0 Å². The number of nitriles is 1. The Balaban J connectivity index is 3.34. The normalized spacial score (nSPS) is 10.6. The number of hydrogen-bond donors (Lipinski definition) is 1. The third-order valence-electron chi connectivity index (χ3n) is 2.33. The summed E-state index contributed by atoms with van der Waals surface area (Å²) in [7, 11) is 0. The smallest absolute Gasteiger partial charge is 0.119 e. The van der Waals surface area contributed by atoms with Crippen molar-refractivity contribution >= 4 is 0 Å². The highest BCUT2D eigenvalue weighted by Crippen LogP contribution is 2.32. The molecule has 0 aliphatic carbocycles. The van der Waals surface area contributed by atoms with Gasteiger partial charge in [0, 0.05) is 11.0 Å². The second kappa shape index (κ2) is 3.55.